The fourth-order valence-corrected chi connectivity index (χ4v) is 4.41. The van der Waals surface area contributed by atoms with Gasteiger partial charge in [-0.05, 0) is 37.8 Å². The van der Waals surface area contributed by atoms with Crippen molar-refractivity contribution in [2.45, 2.75) is 52.4 Å². The predicted octanol–water partition coefficient (Wildman–Crippen LogP) is 4.25. The Morgan fingerprint density at radius 1 is 1.36 bits per heavy atom. The summed E-state index contributed by atoms with van der Waals surface area (Å²) in [6.45, 7) is 8.26. The summed E-state index contributed by atoms with van der Waals surface area (Å²) in [4.78, 5) is 15.2. The van der Waals surface area contributed by atoms with Gasteiger partial charge in [0.2, 0.25) is 0 Å². The Bertz CT molecular complexity index is 873. The number of aromatic nitrogens is 2. The lowest BCUT2D eigenvalue weighted by Gasteiger charge is -2.39. The van der Waals surface area contributed by atoms with E-state index < -0.39 is 0 Å². The zero-order valence-corrected chi connectivity index (χ0v) is 17.4. The van der Waals surface area contributed by atoms with Gasteiger partial charge in [-0.1, -0.05) is 37.6 Å². The summed E-state index contributed by atoms with van der Waals surface area (Å²) in [5.74, 6) is 0.427. The third-order valence-electron chi connectivity index (χ3n) is 5.37. The van der Waals surface area contributed by atoms with Gasteiger partial charge in [0.05, 0.1) is 22.9 Å². The maximum Gasteiger partial charge on any atom is 0.257 e. The number of hydrogen-bond donors (Lipinski definition) is 1. The maximum atomic E-state index is 13.4. The van der Waals surface area contributed by atoms with Crippen LogP contribution in [0, 0.1) is 12.8 Å². The number of carbonyl (C=O) groups is 1. The lowest BCUT2D eigenvalue weighted by atomic mass is 10.0. The van der Waals surface area contributed by atoms with Crippen LogP contribution in [-0.2, 0) is 11.3 Å². The fourth-order valence-electron chi connectivity index (χ4n) is 4.06. The molecule has 0 saturated carbocycles. The number of fused-ring (bicyclic) bond motifs is 1. The summed E-state index contributed by atoms with van der Waals surface area (Å²) in [6, 6.07) is 7.62. The van der Waals surface area contributed by atoms with Gasteiger partial charge in [-0.3, -0.25) is 9.48 Å². The zero-order valence-electron chi connectivity index (χ0n) is 16.6. The molecule has 28 heavy (non-hydrogen) atoms. The number of para-hydroxylation sites is 1. The predicted molar refractivity (Wildman–Crippen MR) is 110 cm³/mol. The van der Waals surface area contributed by atoms with Crippen LogP contribution in [-0.4, -0.2) is 39.8 Å². The Hall–Kier alpha value is -2.05. The van der Waals surface area contributed by atoms with Crippen LogP contribution < -0.4 is 5.32 Å². The van der Waals surface area contributed by atoms with E-state index in [2.05, 4.69) is 24.3 Å². The van der Waals surface area contributed by atoms with Gasteiger partial charge in [0.1, 0.15) is 11.3 Å². The fraction of sp³-hybridized carbons (Fsp3) is 0.524. The highest BCUT2D eigenvalue weighted by Crippen LogP contribution is 2.38. The quantitative estimate of drug-likeness (QED) is 0.812. The molecule has 1 N–H and O–H groups in total. The standard InChI is InChI=1S/C21H27ClN4O2/c1-13(2)11-26-19(22)18(14(3)24-26)20-23-17-9-5-4-8-16(17)21(27)25(20)12-15-7-6-10-28-15/h4-5,8-9,13,15,20,23H,6-7,10-12H2,1-3H3/t15-,20-/m0/s1. The molecule has 2 aromatic rings. The summed E-state index contributed by atoms with van der Waals surface area (Å²) in [6.07, 6.45) is 1.70. The van der Waals surface area contributed by atoms with E-state index >= 15 is 0 Å². The number of anilines is 1. The van der Waals surface area contributed by atoms with Gasteiger partial charge >= 0.3 is 0 Å². The Balaban J connectivity index is 1.74. The van der Waals surface area contributed by atoms with Gasteiger partial charge in [-0.25, -0.2) is 0 Å². The lowest BCUT2D eigenvalue weighted by molar-refractivity contribution is 0.0426. The largest absolute Gasteiger partial charge is 0.376 e. The molecule has 2 atom stereocenters. The number of rotatable bonds is 5. The molecule has 4 rings (SSSR count). The van der Waals surface area contributed by atoms with E-state index in [1.165, 1.54) is 0 Å². The van der Waals surface area contributed by atoms with Crippen LogP contribution in [0.2, 0.25) is 5.15 Å². The van der Waals surface area contributed by atoms with Crippen molar-refractivity contribution in [2.75, 3.05) is 18.5 Å². The third kappa shape index (κ3) is 3.51. The smallest absolute Gasteiger partial charge is 0.257 e. The Labute approximate surface area is 170 Å². The molecule has 2 aliphatic rings. The molecule has 1 saturated heterocycles. The first-order valence-electron chi connectivity index (χ1n) is 9.96. The Morgan fingerprint density at radius 2 is 2.14 bits per heavy atom. The van der Waals surface area contributed by atoms with E-state index in [4.69, 9.17) is 16.3 Å². The Morgan fingerprint density at radius 3 is 2.86 bits per heavy atom. The van der Waals surface area contributed by atoms with Crippen LogP contribution >= 0.6 is 11.6 Å². The molecule has 1 fully saturated rings. The Kier molecular flexibility index (Phi) is 5.34. The number of carbonyl (C=O) groups excluding carboxylic acids is 1. The average Bonchev–Trinajstić information content (AvgIpc) is 3.26. The number of hydrogen-bond acceptors (Lipinski definition) is 4. The summed E-state index contributed by atoms with van der Waals surface area (Å²) in [5, 5.41) is 8.77. The highest BCUT2D eigenvalue weighted by Gasteiger charge is 2.38. The van der Waals surface area contributed by atoms with E-state index in [0.717, 1.165) is 42.9 Å². The molecule has 1 amide bonds. The molecule has 6 nitrogen and oxygen atoms in total. The average molecular weight is 403 g/mol. The molecule has 0 bridgehead atoms. The van der Waals surface area contributed by atoms with Crippen LogP contribution in [0.1, 0.15) is 54.5 Å². The van der Waals surface area contributed by atoms with E-state index in [9.17, 15) is 4.79 Å². The van der Waals surface area contributed by atoms with Crippen LogP contribution in [0.5, 0.6) is 0 Å². The second-order valence-electron chi connectivity index (χ2n) is 8.05. The van der Waals surface area contributed by atoms with E-state index in [1.807, 2.05) is 40.8 Å². The molecule has 1 aromatic heterocycles. The van der Waals surface area contributed by atoms with Gasteiger partial charge in [-0.15, -0.1) is 0 Å². The van der Waals surface area contributed by atoms with Gasteiger partial charge in [0.15, 0.2) is 0 Å². The lowest BCUT2D eigenvalue weighted by Crippen LogP contribution is -2.46. The molecule has 0 unspecified atom stereocenters. The number of nitrogens with one attached hydrogen (secondary N) is 1. The molecule has 7 heteroatoms. The van der Waals surface area contributed by atoms with Crippen LogP contribution in [0.25, 0.3) is 0 Å². The van der Waals surface area contributed by atoms with E-state index in [0.29, 0.717) is 23.2 Å². The number of benzene rings is 1. The van der Waals surface area contributed by atoms with Gasteiger partial charge in [0.25, 0.3) is 5.91 Å². The van der Waals surface area contributed by atoms with Crippen molar-refractivity contribution in [3.8, 4) is 0 Å². The van der Waals surface area contributed by atoms with Crippen molar-refractivity contribution >= 4 is 23.2 Å². The first kappa shape index (κ1) is 19.3. The first-order valence-corrected chi connectivity index (χ1v) is 10.3. The van der Waals surface area contributed by atoms with Gasteiger partial charge in [-0.2, -0.15) is 5.10 Å². The number of halogens is 1. The van der Waals surface area contributed by atoms with Crippen LogP contribution in [0.3, 0.4) is 0 Å². The minimum Gasteiger partial charge on any atom is -0.376 e. The van der Waals surface area contributed by atoms with Crippen molar-refractivity contribution in [3.63, 3.8) is 0 Å². The summed E-state index contributed by atoms with van der Waals surface area (Å²) >= 11 is 6.76. The third-order valence-corrected chi connectivity index (χ3v) is 5.77. The molecule has 2 aliphatic heterocycles. The number of nitrogens with zero attached hydrogens (tertiary/aromatic N) is 3. The zero-order chi connectivity index (χ0) is 19.8. The summed E-state index contributed by atoms with van der Waals surface area (Å²) in [7, 11) is 0. The van der Waals surface area contributed by atoms with E-state index in [1.54, 1.807) is 0 Å². The number of ether oxygens (including phenoxy) is 1. The van der Waals surface area contributed by atoms with Crippen molar-refractivity contribution in [2.24, 2.45) is 5.92 Å². The van der Waals surface area contributed by atoms with Crippen LogP contribution in [0.15, 0.2) is 24.3 Å². The normalized spacial score (nSPS) is 21.9. The minimum atomic E-state index is -0.361. The maximum absolute atomic E-state index is 13.4. The van der Waals surface area contributed by atoms with Crippen molar-refractivity contribution in [3.05, 3.63) is 46.2 Å². The summed E-state index contributed by atoms with van der Waals surface area (Å²) in [5.41, 5.74) is 3.21. The van der Waals surface area contributed by atoms with Crippen molar-refractivity contribution < 1.29 is 9.53 Å². The monoisotopic (exact) mass is 402 g/mol. The molecule has 0 aliphatic carbocycles. The topological polar surface area (TPSA) is 59.4 Å². The van der Waals surface area contributed by atoms with Crippen LogP contribution in [0.4, 0.5) is 5.69 Å². The molecule has 0 spiro atoms. The number of aryl methyl sites for hydroxylation is 1. The second kappa shape index (κ2) is 7.76. The first-order chi connectivity index (χ1) is 13.5. The molecule has 0 radical (unpaired) electrons. The molecular weight excluding hydrogens is 376 g/mol. The molecule has 1 aromatic carbocycles. The molecular formula is C21H27ClN4O2. The molecule has 150 valence electrons. The van der Waals surface area contributed by atoms with Gasteiger partial charge < -0.3 is 15.0 Å². The van der Waals surface area contributed by atoms with E-state index in [-0.39, 0.29) is 18.2 Å². The SMILES string of the molecule is Cc1nn(CC(C)C)c(Cl)c1[C@H]1Nc2ccccc2C(=O)N1C[C@@H]1CCCO1. The van der Waals surface area contributed by atoms with Gasteiger partial charge in [0, 0.05) is 25.4 Å². The highest BCUT2D eigenvalue weighted by atomic mass is 35.5. The minimum absolute atomic E-state index is 0.00178. The highest BCUT2D eigenvalue weighted by molar-refractivity contribution is 6.30. The number of amides is 1. The second-order valence-corrected chi connectivity index (χ2v) is 8.41. The van der Waals surface area contributed by atoms with Crippen molar-refractivity contribution in [1.29, 1.82) is 0 Å². The molecule has 3 heterocycles. The summed E-state index contributed by atoms with van der Waals surface area (Å²) < 4.78 is 7.66. The van der Waals surface area contributed by atoms with Crippen molar-refractivity contribution in [1.82, 2.24) is 14.7 Å².